The minimum atomic E-state index is -0.992. The van der Waals surface area contributed by atoms with E-state index in [0.29, 0.717) is 18.7 Å². The van der Waals surface area contributed by atoms with Crippen LogP contribution >= 0.6 is 0 Å². The summed E-state index contributed by atoms with van der Waals surface area (Å²) >= 11 is 0. The van der Waals surface area contributed by atoms with Crippen LogP contribution in [-0.4, -0.2) is 34.7 Å². The molecule has 1 aliphatic rings. The number of aliphatic hydroxyl groups excluding tert-OH is 1. The molecule has 1 unspecified atom stereocenters. The predicted octanol–water partition coefficient (Wildman–Crippen LogP) is 0.127. The molecule has 0 bridgehead atoms. The van der Waals surface area contributed by atoms with Crippen molar-refractivity contribution in [3.05, 3.63) is 0 Å². The van der Waals surface area contributed by atoms with E-state index in [1.54, 1.807) is 0 Å². The molecule has 15 heavy (non-hydrogen) atoms. The van der Waals surface area contributed by atoms with Gasteiger partial charge in [-0.05, 0) is 38.0 Å². The first kappa shape index (κ1) is 12.0. The number of aliphatic carboxylic acids is 1. The molecule has 0 aromatic carbocycles. The fourth-order valence-electron chi connectivity index (χ4n) is 2.04. The number of amides is 1. The molecule has 0 aliphatic heterocycles. The van der Waals surface area contributed by atoms with Gasteiger partial charge in [-0.1, -0.05) is 0 Å². The minimum absolute atomic E-state index is 0.233. The maximum absolute atomic E-state index is 10.8. The second-order valence-electron chi connectivity index (χ2n) is 4.09. The highest BCUT2D eigenvalue weighted by Crippen LogP contribution is 2.27. The fourth-order valence-corrected chi connectivity index (χ4v) is 2.04. The maximum Gasteiger partial charge on any atom is 0.326 e. The van der Waals surface area contributed by atoms with Gasteiger partial charge >= 0.3 is 5.97 Å². The van der Waals surface area contributed by atoms with E-state index in [0.717, 1.165) is 25.7 Å². The Bertz CT molecular complexity index is 223. The normalized spacial score (nSPS) is 28.1. The standard InChI is InChI=1S/C10H17NO4/c12-6-11-9(10(14)15)5-7-1-3-8(13)4-2-7/h6-9,13H,1-5H2,(H,11,12)(H,14,15). The summed E-state index contributed by atoms with van der Waals surface area (Å²) < 4.78 is 0. The zero-order valence-electron chi connectivity index (χ0n) is 8.56. The monoisotopic (exact) mass is 215 g/mol. The molecule has 1 amide bonds. The van der Waals surface area contributed by atoms with Crippen LogP contribution in [0.4, 0.5) is 0 Å². The molecule has 1 fully saturated rings. The zero-order chi connectivity index (χ0) is 11.3. The number of nitrogens with one attached hydrogen (secondary N) is 1. The lowest BCUT2D eigenvalue weighted by atomic mass is 9.83. The number of hydrogen-bond acceptors (Lipinski definition) is 3. The van der Waals surface area contributed by atoms with Crippen LogP contribution in [0.15, 0.2) is 0 Å². The fraction of sp³-hybridized carbons (Fsp3) is 0.800. The van der Waals surface area contributed by atoms with Gasteiger partial charge < -0.3 is 15.5 Å². The Hall–Kier alpha value is -1.10. The lowest BCUT2D eigenvalue weighted by Crippen LogP contribution is -2.38. The number of aliphatic hydroxyl groups is 1. The van der Waals surface area contributed by atoms with Gasteiger partial charge in [0.25, 0.3) is 0 Å². The highest BCUT2D eigenvalue weighted by molar-refractivity contribution is 5.76. The van der Waals surface area contributed by atoms with Crippen LogP contribution in [0.1, 0.15) is 32.1 Å². The van der Waals surface area contributed by atoms with Crippen LogP contribution < -0.4 is 5.32 Å². The Morgan fingerprint density at radius 2 is 2.00 bits per heavy atom. The van der Waals surface area contributed by atoms with Crippen LogP contribution in [0.25, 0.3) is 0 Å². The molecule has 5 heteroatoms. The SMILES string of the molecule is O=CNC(CC1CCC(O)CC1)C(=O)O. The molecule has 1 rings (SSSR count). The van der Waals surface area contributed by atoms with Gasteiger partial charge in [0.05, 0.1) is 6.10 Å². The van der Waals surface area contributed by atoms with Crippen molar-refractivity contribution in [2.45, 2.75) is 44.2 Å². The Labute approximate surface area is 88.5 Å². The average molecular weight is 215 g/mol. The third-order valence-corrected chi connectivity index (χ3v) is 2.95. The molecule has 1 aliphatic carbocycles. The first-order valence-corrected chi connectivity index (χ1v) is 5.24. The lowest BCUT2D eigenvalue weighted by molar-refractivity contribution is -0.141. The van der Waals surface area contributed by atoms with Crippen molar-refractivity contribution in [2.24, 2.45) is 5.92 Å². The third-order valence-electron chi connectivity index (χ3n) is 2.95. The van der Waals surface area contributed by atoms with Gasteiger partial charge in [-0.15, -0.1) is 0 Å². The lowest BCUT2D eigenvalue weighted by Gasteiger charge is -2.27. The van der Waals surface area contributed by atoms with Gasteiger partial charge in [-0.3, -0.25) is 4.79 Å². The van der Waals surface area contributed by atoms with Crippen molar-refractivity contribution in [1.82, 2.24) is 5.32 Å². The molecule has 0 radical (unpaired) electrons. The second-order valence-corrected chi connectivity index (χ2v) is 4.09. The van der Waals surface area contributed by atoms with Gasteiger partial charge in [0.15, 0.2) is 0 Å². The molecular formula is C10H17NO4. The second kappa shape index (κ2) is 5.70. The van der Waals surface area contributed by atoms with Crippen molar-refractivity contribution >= 4 is 12.4 Å². The van der Waals surface area contributed by atoms with E-state index in [4.69, 9.17) is 5.11 Å². The molecule has 0 heterocycles. The summed E-state index contributed by atoms with van der Waals surface area (Å²) in [5.41, 5.74) is 0. The molecule has 0 spiro atoms. The molecule has 0 saturated heterocycles. The Morgan fingerprint density at radius 3 is 2.47 bits per heavy atom. The van der Waals surface area contributed by atoms with Gasteiger partial charge in [-0.25, -0.2) is 4.79 Å². The molecule has 5 nitrogen and oxygen atoms in total. The van der Waals surface area contributed by atoms with Gasteiger partial charge in [0.1, 0.15) is 6.04 Å². The molecular weight excluding hydrogens is 198 g/mol. The van der Waals surface area contributed by atoms with Crippen molar-refractivity contribution in [3.63, 3.8) is 0 Å². The quantitative estimate of drug-likeness (QED) is 0.569. The van der Waals surface area contributed by atoms with E-state index in [1.807, 2.05) is 0 Å². The number of hydrogen-bond donors (Lipinski definition) is 3. The van der Waals surface area contributed by atoms with Crippen LogP contribution in [0.2, 0.25) is 0 Å². The van der Waals surface area contributed by atoms with Gasteiger partial charge in [-0.2, -0.15) is 0 Å². The Balaban J connectivity index is 2.37. The number of carboxylic acids is 1. The molecule has 0 aromatic rings. The average Bonchev–Trinajstić information content (AvgIpc) is 2.20. The molecule has 3 N–H and O–H groups in total. The smallest absolute Gasteiger partial charge is 0.326 e. The Morgan fingerprint density at radius 1 is 1.40 bits per heavy atom. The van der Waals surface area contributed by atoms with E-state index >= 15 is 0 Å². The predicted molar refractivity (Wildman–Crippen MR) is 53.2 cm³/mol. The van der Waals surface area contributed by atoms with E-state index in [9.17, 15) is 14.7 Å². The van der Waals surface area contributed by atoms with Gasteiger partial charge in [0.2, 0.25) is 6.41 Å². The van der Waals surface area contributed by atoms with Gasteiger partial charge in [0, 0.05) is 0 Å². The van der Waals surface area contributed by atoms with Crippen molar-refractivity contribution < 1.29 is 19.8 Å². The summed E-state index contributed by atoms with van der Waals surface area (Å²) in [6.45, 7) is 0. The van der Waals surface area contributed by atoms with E-state index in [1.165, 1.54) is 0 Å². The largest absolute Gasteiger partial charge is 0.480 e. The van der Waals surface area contributed by atoms with Crippen molar-refractivity contribution in [3.8, 4) is 0 Å². The molecule has 0 aromatic heterocycles. The number of carbonyl (C=O) groups is 2. The van der Waals surface area contributed by atoms with Crippen LogP contribution in [0.5, 0.6) is 0 Å². The van der Waals surface area contributed by atoms with E-state index in [-0.39, 0.29) is 6.10 Å². The zero-order valence-corrected chi connectivity index (χ0v) is 8.56. The summed E-state index contributed by atoms with van der Waals surface area (Å²) in [5, 5.41) is 20.4. The molecule has 1 saturated carbocycles. The third kappa shape index (κ3) is 3.87. The van der Waals surface area contributed by atoms with Crippen LogP contribution in [0.3, 0.4) is 0 Å². The van der Waals surface area contributed by atoms with Crippen LogP contribution in [-0.2, 0) is 9.59 Å². The van der Waals surface area contributed by atoms with E-state index in [2.05, 4.69) is 5.32 Å². The minimum Gasteiger partial charge on any atom is -0.480 e. The molecule has 1 atom stereocenters. The number of rotatable bonds is 5. The topological polar surface area (TPSA) is 86.6 Å². The first-order chi connectivity index (χ1) is 7.13. The summed E-state index contributed by atoms with van der Waals surface area (Å²) in [7, 11) is 0. The molecule has 86 valence electrons. The van der Waals surface area contributed by atoms with Crippen LogP contribution in [0, 0.1) is 5.92 Å². The van der Waals surface area contributed by atoms with Crippen molar-refractivity contribution in [1.29, 1.82) is 0 Å². The van der Waals surface area contributed by atoms with E-state index < -0.39 is 12.0 Å². The maximum atomic E-state index is 10.8. The first-order valence-electron chi connectivity index (χ1n) is 5.24. The number of carbonyl (C=O) groups excluding carboxylic acids is 1. The summed E-state index contributed by atoms with van der Waals surface area (Å²) in [4.78, 5) is 21.0. The Kier molecular flexibility index (Phi) is 4.55. The highest BCUT2D eigenvalue weighted by Gasteiger charge is 2.25. The summed E-state index contributed by atoms with van der Waals surface area (Å²) in [6.07, 6.45) is 3.80. The van der Waals surface area contributed by atoms with Crippen molar-refractivity contribution in [2.75, 3.05) is 0 Å². The summed E-state index contributed by atoms with van der Waals surface area (Å²) in [5.74, 6) is -0.699. The number of carboxylic acid groups (broad SMARTS) is 1. The highest BCUT2D eigenvalue weighted by atomic mass is 16.4. The summed E-state index contributed by atoms with van der Waals surface area (Å²) in [6, 6.07) is -0.789.